The Kier molecular flexibility index (Phi) is 4.99. The van der Waals surface area contributed by atoms with Gasteiger partial charge in [0.1, 0.15) is 6.54 Å². The average molecular weight is 389 g/mol. The van der Waals surface area contributed by atoms with E-state index in [4.69, 9.17) is 11.6 Å². The Morgan fingerprint density at radius 3 is 2.70 bits per heavy atom. The van der Waals surface area contributed by atoms with Crippen LogP contribution in [0.25, 0.3) is 5.69 Å². The van der Waals surface area contributed by atoms with Crippen LogP contribution in [0.2, 0.25) is 5.02 Å². The van der Waals surface area contributed by atoms with E-state index in [-0.39, 0.29) is 11.4 Å². The number of nitro groups is 1. The molecule has 1 aromatic heterocycles. The minimum Gasteiger partial charge on any atom is -0.324 e. The number of hydrogen-bond acceptors (Lipinski definition) is 6. The minimum atomic E-state index is -0.645. The molecule has 0 fully saturated rings. The second-order valence-electron chi connectivity index (χ2n) is 5.59. The van der Waals surface area contributed by atoms with Crippen LogP contribution in [0, 0.1) is 17.0 Å². The van der Waals surface area contributed by atoms with Gasteiger partial charge in [-0.2, -0.15) is 9.36 Å². The summed E-state index contributed by atoms with van der Waals surface area (Å²) in [4.78, 5) is 35.0. The number of nitrogens with zero attached hydrogens (tertiary/aromatic N) is 5. The summed E-state index contributed by atoms with van der Waals surface area (Å²) in [6.45, 7) is 1.18. The van der Waals surface area contributed by atoms with Gasteiger partial charge in [0.05, 0.1) is 15.6 Å². The minimum absolute atomic E-state index is 0.116. The first-order valence-corrected chi connectivity index (χ1v) is 8.07. The SMILES string of the molecule is Cc1ccc(NC(=O)Cn2nnn(-c3ccccc3Cl)c2=O)cc1[N+](=O)[O-]. The first kappa shape index (κ1) is 18.3. The number of halogens is 1. The van der Waals surface area contributed by atoms with Gasteiger partial charge in [-0.15, -0.1) is 0 Å². The molecule has 0 saturated heterocycles. The van der Waals surface area contributed by atoms with E-state index in [1.54, 1.807) is 31.2 Å². The van der Waals surface area contributed by atoms with Crippen LogP contribution in [-0.2, 0) is 11.3 Å². The van der Waals surface area contributed by atoms with E-state index in [2.05, 4.69) is 15.7 Å². The number of aryl methyl sites for hydroxylation is 1. The van der Waals surface area contributed by atoms with Gasteiger partial charge in [0.2, 0.25) is 5.91 Å². The molecular weight excluding hydrogens is 376 g/mol. The normalized spacial score (nSPS) is 10.6. The van der Waals surface area contributed by atoms with Crippen LogP contribution in [0.15, 0.2) is 47.3 Å². The molecular formula is C16H13ClN6O4. The van der Waals surface area contributed by atoms with E-state index >= 15 is 0 Å². The molecule has 0 radical (unpaired) electrons. The molecule has 0 saturated carbocycles. The Balaban J connectivity index is 1.78. The number of aromatic nitrogens is 4. The van der Waals surface area contributed by atoms with Gasteiger partial charge >= 0.3 is 5.69 Å². The van der Waals surface area contributed by atoms with E-state index in [0.29, 0.717) is 16.3 Å². The number of anilines is 1. The number of nitrogens with one attached hydrogen (secondary N) is 1. The molecule has 0 spiro atoms. The highest BCUT2D eigenvalue weighted by Crippen LogP contribution is 2.22. The smallest absolute Gasteiger partial charge is 0.324 e. The van der Waals surface area contributed by atoms with Gasteiger partial charge in [-0.3, -0.25) is 14.9 Å². The van der Waals surface area contributed by atoms with Gasteiger partial charge in [-0.25, -0.2) is 4.79 Å². The molecule has 0 aliphatic heterocycles. The fourth-order valence-electron chi connectivity index (χ4n) is 2.37. The maximum atomic E-state index is 12.4. The van der Waals surface area contributed by atoms with Gasteiger partial charge in [0.15, 0.2) is 0 Å². The highest BCUT2D eigenvalue weighted by atomic mass is 35.5. The van der Waals surface area contributed by atoms with Crippen LogP contribution in [0.1, 0.15) is 5.56 Å². The second-order valence-corrected chi connectivity index (χ2v) is 6.00. The van der Waals surface area contributed by atoms with Crippen molar-refractivity contribution in [3.63, 3.8) is 0 Å². The molecule has 1 heterocycles. The predicted octanol–water partition coefficient (Wildman–Crippen LogP) is 1.94. The molecule has 0 aliphatic carbocycles. The van der Waals surface area contributed by atoms with Gasteiger partial charge in [0, 0.05) is 17.3 Å². The molecule has 0 bridgehead atoms. The van der Waals surface area contributed by atoms with Crippen LogP contribution >= 0.6 is 11.6 Å². The van der Waals surface area contributed by atoms with Crippen molar-refractivity contribution in [2.75, 3.05) is 5.32 Å². The van der Waals surface area contributed by atoms with Crippen molar-refractivity contribution in [1.82, 2.24) is 19.8 Å². The van der Waals surface area contributed by atoms with Gasteiger partial charge < -0.3 is 5.32 Å². The van der Waals surface area contributed by atoms with E-state index < -0.39 is 23.1 Å². The fraction of sp³-hybridized carbons (Fsp3) is 0.125. The number of rotatable bonds is 5. The lowest BCUT2D eigenvalue weighted by atomic mass is 10.2. The third kappa shape index (κ3) is 3.85. The average Bonchev–Trinajstić information content (AvgIpc) is 2.97. The van der Waals surface area contributed by atoms with Crippen LogP contribution < -0.4 is 11.0 Å². The number of carbonyl (C=O) groups is 1. The Morgan fingerprint density at radius 2 is 2.00 bits per heavy atom. The summed E-state index contributed by atoms with van der Waals surface area (Å²) in [5.74, 6) is -0.582. The molecule has 1 N–H and O–H groups in total. The summed E-state index contributed by atoms with van der Waals surface area (Å²) in [6, 6.07) is 10.9. The molecule has 10 nitrogen and oxygen atoms in total. The van der Waals surface area contributed by atoms with Crippen molar-refractivity contribution in [2.24, 2.45) is 0 Å². The Hall–Kier alpha value is -3.53. The number of amides is 1. The quantitative estimate of drug-likeness (QED) is 0.526. The van der Waals surface area contributed by atoms with Crippen LogP contribution in [0.3, 0.4) is 0 Å². The maximum absolute atomic E-state index is 12.4. The molecule has 3 aromatic rings. The standard InChI is InChI=1S/C16H13ClN6O4/c1-10-6-7-11(8-14(10)23(26)27)18-15(24)9-21-16(25)22(20-19-21)13-5-3-2-4-12(13)17/h2-8H,9H2,1H3,(H,18,24). The van der Waals surface area contributed by atoms with Crippen molar-refractivity contribution in [3.05, 3.63) is 73.6 Å². The summed E-state index contributed by atoms with van der Waals surface area (Å²) in [5, 5.41) is 21.2. The molecule has 0 unspecified atom stereocenters. The molecule has 138 valence electrons. The zero-order chi connectivity index (χ0) is 19.6. The number of para-hydroxylation sites is 1. The second kappa shape index (κ2) is 7.38. The highest BCUT2D eigenvalue weighted by Gasteiger charge is 2.16. The van der Waals surface area contributed by atoms with Crippen LogP contribution in [0.5, 0.6) is 0 Å². The van der Waals surface area contributed by atoms with Crippen molar-refractivity contribution in [3.8, 4) is 5.69 Å². The third-order valence-corrected chi connectivity index (χ3v) is 4.02. The van der Waals surface area contributed by atoms with E-state index in [0.717, 1.165) is 9.36 Å². The first-order chi connectivity index (χ1) is 12.9. The number of benzene rings is 2. The fourth-order valence-corrected chi connectivity index (χ4v) is 2.58. The van der Waals surface area contributed by atoms with Crippen LogP contribution in [-0.4, -0.2) is 30.6 Å². The summed E-state index contributed by atoms with van der Waals surface area (Å²) in [6.07, 6.45) is 0. The number of hydrogen-bond donors (Lipinski definition) is 1. The third-order valence-electron chi connectivity index (χ3n) is 3.70. The number of carbonyl (C=O) groups excluding carboxylic acids is 1. The zero-order valence-corrected chi connectivity index (χ0v) is 14.8. The maximum Gasteiger partial charge on any atom is 0.369 e. The summed E-state index contributed by atoms with van der Waals surface area (Å²) in [5.41, 5.74) is 0.286. The Morgan fingerprint density at radius 1 is 1.26 bits per heavy atom. The Labute approximate surface area is 157 Å². The molecule has 11 heteroatoms. The molecule has 0 atom stereocenters. The van der Waals surface area contributed by atoms with Gasteiger partial charge in [-0.05, 0) is 35.5 Å². The summed E-state index contributed by atoms with van der Waals surface area (Å²) in [7, 11) is 0. The molecule has 0 aliphatic rings. The lowest BCUT2D eigenvalue weighted by Crippen LogP contribution is -2.29. The van der Waals surface area contributed by atoms with Gasteiger partial charge in [-0.1, -0.05) is 29.8 Å². The first-order valence-electron chi connectivity index (χ1n) is 7.69. The predicted molar refractivity (Wildman–Crippen MR) is 97.1 cm³/mol. The molecule has 27 heavy (non-hydrogen) atoms. The van der Waals surface area contributed by atoms with Crippen molar-refractivity contribution in [2.45, 2.75) is 13.5 Å². The highest BCUT2D eigenvalue weighted by molar-refractivity contribution is 6.32. The summed E-state index contributed by atoms with van der Waals surface area (Å²) < 4.78 is 1.84. The molecule has 2 aromatic carbocycles. The van der Waals surface area contributed by atoms with Crippen molar-refractivity contribution >= 4 is 28.9 Å². The van der Waals surface area contributed by atoms with E-state index in [9.17, 15) is 19.7 Å². The Bertz CT molecular complexity index is 1090. The van der Waals surface area contributed by atoms with Crippen molar-refractivity contribution in [1.29, 1.82) is 0 Å². The number of tetrazole rings is 1. The van der Waals surface area contributed by atoms with Crippen molar-refractivity contribution < 1.29 is 9.72 Å². The monoisotopic (exact) mass is 388 g/mol. The molecule has 3 rings (SSSR count). The topological polar surface area (TPSA) is 125 Å². The number of nitro benzene ring substituents is 1. The lowest BCUT2D eigenvalue weighted by molar-refractivity contribution is -0.385. The molecule has 1 amide bonds. The lowest BCUT2D eigenvalue weighted by Gasteiger charge is -2.05. The van der Waals surface area contributed by atoms with Gasteiger partial charge in [0.25, 0.3) is 5.69 Å². The van der Waals surface area contributed by atoms with E-state index in [1.807, 2.05) is 0 Å². The zero-order valence-electron chi connectivity index (χ0n) is 14.0. The van der Waals surface area contributed by atoms with E-state index in [1.165, 1.54) is 18.2 Å². The summed E-state index contributed by atoms with van der Waals surface area (Å²) >= 11 is 6.04. The largest absolute Gasteiger partial charge is 0.369 e. The van der Waals surface area contributed by atoms with Crippen LogP contribution in [0.4, 0.5) is 11.4 Å².